The molecule has 2 aromatic rings. The van der Waals surface area contributed by atoms with Crippen molar-refractivity contribution in [2.24, 2.45) is 0 Å². The second-order valence-corrected chi connectivity index (χ2v) is 5.63. The average molecular weight is 306 g/mol. The summed E-state index contributed by atoms with van der Waals surface area (Å²) >= 11 is 6.01. The van der Waals surface area contributed by atoms with Gasteiger partial charge in [0.05, 0.1) is 5.56 Å². The molecule has 0 unspecified atom stereocenters. The number of nitrogens with one attached hydrogen (secondary N) is 1. The van der Waals surface area contributed by atoms with Gasteiger partial charge in [-0.05, 0) is 18.2 Å². The van der Waals surface area contributed by atoms with Crippen molar-refractivity contribution in [1.82, 2.24) is 14.8 Å². The minimum absolute atomic E-state index is 0.0216. The number of piperazine rings is 1. The van der Waals surface area contributed by atoms with Crippen molar-refractivity contribution >= 4 is 34.3 Å². The van der Waals surface area contributed by atoms with Crippen LogP contribution in [-0.2, 0) is 4.79 Å². The first kappa shape index (κ1) is 13.9. The minimum Gasteiger partial charge on any atom is -0.360 e. The Hall–Kier alpha value is -2.01. The van der Waals surface area contributed by atoms with Gasteiger partial charge in [-0.15, -0.1) is 0 Å². The van der Waals surface area contributed by atoms with Crippen LogP contribution in [0.5, 0.6) is 0 Å². The van der Waals surface area contributed by atoms with E-state index in [4.69, 9.17) is 11.6 Å². The van der Waals surface area contributed by atoms with Gasteiger partial charge in [0.15, 0.2) is 0 Å². The molecule has 1 saturated heterocycles. The molecule has 3 rings (SSSR count). The Morgan fingerprint density at radius 3 is 2.48 bits per heavy atom. The van der Waals surface area contributed by atoms with Crippen LogP contribution in [0, 0.1) is 0 Å². The zero-order valence-corrected chi connectivity index (χ0v) is 12.5. The number of aromatic amines is 1. The van der Waals surface area contributed by atoms with Crippen LogP contribution in [0.3, 0.4) is 0 Å². The van der Waals surface area contributed by atoms with Crippen molar-refractivity contribution in [2.45, 2.75) is 6.92 Å². The lowest BCUT2D eigenvalue weighted by Crippen LogP contribution is -2.50. The van der Waals surface area contributed by atoms with Crippen molar-refractivity contribution in [3.05, 3.63) is 35.0 Å². The summed E-state index contributed by atoms with van der Waals surface area (Å²) in [5.41, 5.74) is 1.52. The molecule has 0 radical (unpaired) electrons. The number of hydrogen-bond acceptors (Lipinski definition) is 2. The molecule has 1 aliphatic rings. The molecule has 0 saturated carbocycles. The summed E-state index contributed by atoms with van der Waals surface area (Å²) in [7, 11) is 0. The first-order chi connectivity index (χ1) is 10.1. The molecule has 2 amide bonds. The number of rotatable bonds is 1. The van der Waals surface area contributed by atoms with Gasteiger partial charge in [0.25, 0.3) is 5.91 Å². The number of H-pyrrole nitrogens is 1. The highest BCUT2D eigenvalue weighted by Gasteiger charge is 2.24. The number of benzene rings is 1. The molecule has 5 nitrogen and oxygen atoms in total. The SMILES string of the molecule is CC(=O)N1CCN(C(=O)c2c[nH]c3ccc(Cl)cc23)CC1. The molecule has 0 aliphatic carbocycles. The van der Waals surface area contributed by atoms with Gasteiger partial charge in [-0.1, -0.05) is 11.6 Å². The second-order valence-electron chi connectivity index (χ2n) is 5.19. The van der Waals surface area contributed by atoms with Crippen LogP contribution in [0.4, 0.5) is 0 Å². The fraction of sp³-hybridized carbons (Fsp3) is 0.333. The third kappa shape index (κ3) is 2.61. The molecule has 1 N–H and O–H groups in total. The van der Waals surface area contributed by atoms with Crippen molar-refractivity contribution in [3.63, 3.8) is 0 Å². The number of aromatic nitrogens is 1. The van der Waals surface area contributed by atoms with Gasteiger partial charge in [-0.3, -0.25) is 9.59 Å². The molecule has 6 heteroatoms. The molecule has 1 aromatic carbocycles. The summed E-state index contributed by atoms with van der Waals surface area (Å²) in [6, 6.07) is 5.45. The predicted molar refractivity (Wildman–Crippen MR) is 81.5 cm³/mol. The van der Waals surface area contributed by atoms with Crippen LogP contribution in [0.2, 0.25) is 5.02 Å². The summed E-state index contributed by atoms with van der Waals surface area (Å²) < 4.78 is 0. The topological polar surface area (TPSA) is 56.4 Å². The zero-order chi connectivity index (χ0) is 15.0. The molecule has 0 atom stereocenters. The largest absolute Gasteiger partial charge is 0.360 e. The maximum atomic E-state index is 12.6. The highest BCUT2D eigenvalue weighted by Crippen LogP contribution is 2.23. The van der Waals surface area contributed by atoms with Crippen molar-refractivity contribution in [1.29, 1.82) is 0 Å². The molecule has 21 heavy (non-hydrogen) atoms. The van der Waals surface area contributed by atoms with Gasteiger partial charge < -0.3 is 14.8 Å². The summed E-state index contributed by atoms with van der Waals surface area (Å²) in [5.74, 6) is 0.0349. The number of carbonyl (C=O) groups excluding carboxylic acids is 2. The van der Waals surface area contributed by atoms with Crippen molar-refractivity contribution in [3.8, 4) is 0 Å². The molecule has 1 aliphatic heterocycles. The lowest BCUT2D eigenvalue weighted by Gasteiger charge is -2.34. The van der Waals surface area contributed by atoms with Gasteiger partial charge in [0.1, 0.15) is 0 Å². The summed E-state index contributed by atoms with van der Waals surface area (Å²) in [4.78, 5) is 30.6. The molecule has 110 valence electrons. The summed E-state index contributed by atoms with van der Waals surface area (Å²) in [6.07, 6.45) is 1.72. The van der Waals surface area contributed by atoms with Crippen LogP contribution < -0.4 is 0 Å². The number of halogens is 1. The maximum Gasteiger partial charge on any atom is 0.256 e. The van der Waals surface area contributed by atoms with Gasteiger partial charge in [0.2, 0.25) is 5.91 Å². The van der Waals surface area contributed by atoms with E-state index in [1.54, 1.807) is 35.1 Å². The van der Waals surface area contributed by atoms with E-state index in [1.807, 2.05) is 6.07 Å². The maximum absolute atomic E-state index is 12.6. The lowest BCUT2D eigenvalue weighted by atomic mass is 10.1. The zero-order valence-electron chi connectivity index (χ0n) is 11.7. The fourth-order valence-corrected chi connectivity index (χ4v) is 2.84. The van der Waals surface area contributed by atoms with Crippen LogP contribution in [-0.4, -0.2) is 52.8 Å². The van der Waals surface area contributed by atoms with Gasteiger partial charge in [-0.25, -0.2) is 0 Å². The van der Waals surface area contributed by atoms with E-state index >= 15 is 0 Å². The third-order valence-corrected chi connectivity index (χ3v) is 4.12. The van der Waals surface area contributed by atoms with E-state index in [1.165, 1.54) is 0 Å². The van der Waals surface area contributed by atoms with Crippen LogP contribution in [0.15, 0.2) is 24.4 Å². The van der Waals surface area contributed by atoms with E-state index in [9.17, 15) is 9.59 Å². The highest BCUT2D eigenvalue weighted by atomic mass is 35.5. The Bertz CT molecular complexity index is 702. The Kier molecular flexibility index (Phi) is 3.59. The highest BCUT2D eigenvalue weighted by molar-refractivity contribution is 6.31. The van der Waals surface area contributed by atoms with Gasteiger partial charge >= 0.3 is 0 Å². The average Bonchev–Trinajstić information content (AvgIpc) is 2.89. The monoisotopic (exact) mass is 305 g/mol. The fourth-order valence-electron chi connectivity index (χ4n) is 2.66. The van der Waals surface area contributed by atoms with Crippen LogP contribution in [0.1, 0.15) is 17.3 Å². The Morgan fingerprint density at radius 2 is 1.81 bits per heavy atom. The van der Waals surface area contributed by atoms with Crippen LogP contribution >= 0.6 is 11.6 Å². The molecular weight excluding hydrogens is 290 g/mol. The number of fused-ring (bicyclic) bond motifs is 1. The standard InChI is InChI=1S/C15H16ClN3O2/c1-10(20)18-4-6-19(7-5-18)15(21)13-9-17-14-3-2-11(16)8-12(13)14/h2-3,8-9,17H,4-7H2,1H3. The Labute approximate surface area is 127 Å². The van der Waals surface area contributed by atoms with Gasteiger partial charge in [-0.2, -0.15) is 0 Å². The van der Waals surface area contributed by atoms with E-state index in [0.29, 0.717) is 36.8 Å². The smallest absolute Gasteiger partial charge is 0.256 e. The third-order valence-electron chi connectivity index (χ3n) is 3.89. The molecule has 0 bridgehead atoms. The number of carbonyl (C=O) groups is 2. The normalized spacial score (nSPS) is 15.5. The molecule has 2 heterocycles. The number of nitrogens with zero attached hydrogens (tertiary/aromatic N) is 2. The molecule has 1 aromatic heterocycles. The first-order valence-electron chi connectivity index (χ1n) is 6.87. The number of amides is 2. The van der Waals surface area contributed by atoms with E-state index in [0.717, 1.165) is 10.9 Å². The van der Waals surface area contributed by atoms with E-state index in [2.05, 4.69) is 4.98 Å². The Morgan fingerprint density at radius 1 is 1.14 bits per heavy atom. The number of hydrogen-bond donors (Lipinski definition) is 1. The van der Waals surface area contributed by atoms with E-state index in [-0.39, 0.29) is 11.8 Å². The Balaban J connectivity index is 1.82. The van der Waals surface area contributed by atoms with E-state index < -0.39 is 0 Å². The second kappa shape index (κ2) is 5.41. The van der Waals surface area contributed by atoms with Crippen molar-refractivity contribution < 1.29 is 9.59 Å². The molecular formula is C15H16ClN3O2. The molecule has 1 fully saturated rings. The van der Waals surface area contributed by atoms with Crippen LogP contribution in [0.25, 0.3) is 10.9 Å². The van der Waals surface area contributed by atoms with Crippen molar-refractivity contribution in [2.75, 3.05) is 26.2 Å². The minimum atomic E-state index is -0.0216. The summed E-state index contributed by atoms with van der Waals surface area (Å²) in [6.45, 7) is 3.85. The predicted octanol–water partition coefficient (Wildman–Crippen LogP) is 2.13. The quantitative estimate of drug-likeness (QED) is 0.877. The first-order valence-corrected chi connectivity index (χ1v) is 7.25. The lowest BCUT2D eigenvalue weighted by molar-refractivity contribution is -0.130. The van der Waals surface area contributed by atoms with Gasteiger partial charge in [0, 0.05) is 55.2 Å². The molecule has 0 spiro atoms. The summed E-state index contributed by atoms with van der Waals surface area (Å²) in [5, 5.41) is 1.44.